The lowest BCUT2D eigenvalue weighted by Gasteiger charge is -2.42. The van der Waals surface area contributed by atoms with Gasteiger partial charge in [-0.15, -0.1) is 0 Å². The molecule has 3 unspecified atom stereocenters. The molecule has 1 fully saturated rings. The molecule has 0 aromatic heterocycles. The third-order valence-corrected chi connectivity index (χ3v) is 5.03. The van der Waals surface area contributed by atoms with Crippen molar-refractivity contribution in [2.45, 2.75) is 52.9 Å². The molecule has 0 saturated heterocycles. The monoisotopic (exact) mass is 259 g/mol. The summed E-state index contributed by atoms with van der Waals surface area (Å²) in [7, 11) is 0. The summed E-state index contributed by atoms with van der Waals surface area (Å²) >= 11 is 0. The van der Waals surface area contributed by atoms with Gasteiger partial charge in [-0.05, 0) is 61.5 Å². The Morgan fingerprint density at radius 1 is 1.11 bits per heavy atom. The molecule has 3 atom stereocenters. The van der Waals surface area contributed by atoms with Gasteiger partial charge in [0.15, 0.2) is 0 Å². The third kappa shape index (κ3) is 3.39. The fourth-order valence-corrected chi connectivity index (χ4v) is 3.52. The zero-order valence-electron chi connectivity index (χ0n) is 12.9. The number of aryl methyl sites for hydroxylation is 1. The summed E-state index contributed by atoms with van der Waals surface area (Å²) in [4.78, 5) is 0. The zero-order valence-corrected chi connectivity index (χ0v) is 12.9. The van der Waals surface area contributed by atoms with E-state index in [9.17, 15) is 0 Å². The molecule has 106 valence electrons. The van der Waals surface area contributed by atoms with Crippen LogP contribution in [0, 0.1) is 24.2 Å². The van der Waals surface area contributed by atoms with Crippen LogP contribution in [-0.2, 0) is 0 Å². The Hall–Kier alpha value is -0.820. The second-order valence-electron chi connectivity index (χ2n) is 7.39. The SMILES string of the molecule is Cc1ccc(C2CC(C(C)(C)C)CCC2CN)cc1. The quantitative estimate of drug-likeness (QED) is 0.831. The molecule has 0 spiro atoms. The minimum atomic E-state index is 0.419. The van der Waals surface area contributed by atoms with Gasteiger partial charge in [0.1, 0.15) is 0 Å². The molecule has 0 radical (unpaired) electrons. The van der Waals surface area contributed by atoms with E-state index in [0.29, 0.717) is 17.3 Å². The van der Waals surface area contributed by atoms with Crippen LogP contribution in [0.4, 0.5) is 0 Å². The van der Waals surface area contributed by atoms with Crippen molar-refractivity contribution in [3.63, 3.8) is 0 Å². The third-order valence-electron chi connectivity index (χ3n) is 5.03. The molecule has 1 nitrogen and oxygen atoms in total. The highest BCUT2D eigenvalue weighted by atomic mass is 14.6. The van der Waals surface area contributed by atoms with Crippen LogP contribution in [0.15, 0.2) is 24.3 Å². The van der Waals surface area contributed by atoms with E-state index in [-0.39, 0.29) is 0 Å². The molecule has 1 aliphatic carbocycles. The van der Waals surface area contributed by atoms with Crippen LogP contribution in [0.3, 0.4) is 0 Å². The van der Waals surface area contributed by atoms with Crippen molar-refractivity contribution in [3.8, 4) is 0 Å². The molecule has 0 bridgehead atoms. The maximum Gasteiger partial charge on any atom is -0.00430 e. The van der Waals surface area contributed by atoms with Gasteiger partial charge in [-0.2, -0.15) is 0 Å². The molecule has 19 heavy (non-hydrogen) atoms. The van der Waals surface area contributed by atoms with E-state index >= 15 is 0 Å². The lowest BCUT2D eigenvalue weighted by Crippen LogP contribution is -2.33. The van der Waals surface area contributed by atoms with Crippen LogP contribution in [0.1, 0.15) is 57.1 Å². The van der Waals surface area contributed by atoms with Crippen LogP contribution >= 0.6 is 0 Å². The van der Waals surface area contributed by atoms with E-state index in [1.54, 1.807) is 0 Å². The summed E-state index contributed by atoms with van der Waals surface area (Å²) in [5, 5.41) is 0. The van der Waals surface area contributed by atoms with E-state index in [4.69, 9.17) is 5.73 Å². The predicted octanol–water partition coefficient (Wildman–Crippen LogP) is 4.50. The first-order chi connectivity index (χ1) is 8.91. The molecule has 0 heterocycles. The number of hydrogen-bond donors (Lipinski definition) is 1. The van der Waals surface area contributed by atoms with Gasteiger partial charge in [0.25, 0.3) is 0 Å². The maximum absolute atomic E-state index is 6.02. The zero-order chi connectivity index (χ0) is 14.0. The number of hydrogen-bond acceptors (Lipinski definition) is 1. The Morgan fingerprint density at radius 2 is 1.74 bits per heavy atom. The summed E-state index contributed by atoms with van der Waals surface area (Å²) < 4.78 is 0. The standard InChI is InChI=1S/C18H29N/c1-13-5-7-14(8-6-13)17-11-16(18(2,3)4)10-9-15(17)12-19/h5-8,15-17H,9-12,19H2,1-4H3. The highest BCUT2D eigenvalue weighted by molar-refractivity contribution is 5.26. The van der Waals surface area contributed by atoms with Gasteiger partial charge in [-0.1, -0.05) is 50.6 Å². The fourth-order valence-electron chi connectivity index (χ4n) is 3.52. The van der Waals surface area contributed by atoms with Crippen LogP contribution in [0.2, 0.25) is 0 Å². The van der Waals surface area contributed by atoms with Crippen LogP contribution in [-0.4, -0.2) is 6.54 Å². The number of nitrogens with two attached hydrogens (primary N) is 1. The van der Waals surface area contributed by atoms with Crippen LogP contribution in [0.25, 0.3) is 0 Å². The summed E-state index contributed by atoms with van der Waals surface area (Å²) in [5.41, 5.74) is 9.27. The highest BCUT2D eigenvalue weighted by Crippen LogP contribution is 2.46. The van der Waals surface area contributed by atoms with E-state index in [0.717, 1.165) is 12.5 Å². The molecule has 1 saturated carbocycles. The Balaban J connectivity index is 2.21. The summed E-state index contributed by atoms with van der Waals surface area (Å²) in [6, 6.07) is 9.11. The highest BCUT2D eigenvalue weighted by Gasteiger charge is 2.35. The van der Waals surface area contributed by atoms with Crippen LogP contribution in [0.5, 0.6) is 0 Å². The molecule has 0 aliphatic heterocycles. The molecule has 0 amide bonds. The molecular weight excluding hydrogens is 230 g/mol. The first-order valence-electron chi connectivity index (χ1n) is 7.68. The first kappa shape index (κ1) is 14.6. The van der Waals surface area contributed by atoms with Gasteiger partial charge in [0.2, 0.25) is 0 Å². The Kier molecular flexibility index (Phi) is 4.35. The van der Waals surface area contributed by atoms with E-state index < -0.39 is 0 Å². The lowest BCUT2D eigenvalue weighted by atomic mass is 9.64. The number of benzene rings is 1. The van der Waals surface area contributed by atoms with E-state index in [1.165, 1.54) is 30.4 Å². The van der Waals surface area contributed by atoms with Crippen LogP contribution < -0.4 is 5.73 Å². The second kappa shape index (κ2) is 5.66. The van der Waals surface area contributed by atoms with Crippen molar-refractivity contribution in [1.82, 2.24) is 0 Å². The minimum absolute atomic E-state index is 0.419. The Morgan fingerprint density at radius 3 is 2.26 bits per heavy atom. The molecular formula is C18H29N. The molecule has 1 aromatic carbocycles. The molecule has 2 rings (SSSR count). The predicted molar refractivity (Wildman–Crippen MR) is 83.3 cm³/mol. The van der Waals surface area contributed by atoms with E-state index in [1.807, 2.05) is 0 Å². The van der Waals surface area contributed by atoms with Gasteiger partial charge in [0, 0.05) is 0 Å². The Bertz CT molecular complexity index is 399. The smallest absolute Gasteiger partial charge is 0.00430 e. The van der Waals surface area contributed by atoms with Crippen molar-refractivity contribution in [1.29, 1.82) is 0 Å². The summed E-state index contributed by atoms with van der Waals surface area (Å²) in [6.45, 7) is 10.1. The Labute approximate surface area is 118 Å². The van der Waals surface area contributed by atoms with Gasteiger partial charge < -0.3 is 5.73 Å². The molecule has 1 aromatic rings. The molecule has 1 heteroatoms. The van der Waals surface area contributed by atoms with Gasteiger partial charge in [-0.3, -0.25) is 0 Å². The first-order valence-corrected chi connectivity index (χ1v) is 7.68. The molecule has 2 N–H and O–H groups in total. The van der Waals surface area contributed by atoms with Crippen molar-refractivity contribution in [3.05, 3.63) is 35.4 Å². The second-order valence-corrected chi connectivity index (χ2v) is 7.39. The topological polar surface area (TPSA) is 26.0 Å². The van der Waals surface area contributed by atoms with Gasteiger partial charge in [0.05, 0.1) is 0 Å². The average Bonchev–Trinajstić information content (AvgIpc) is 2.38. The van der Waals surface area contributed by atoms with E-state index in [2.05, 4.69) is 52.0 Å². The van der Waals surface area contributed by atoms with Crippen molar-refractivity contribution < 1.29 is 0 Å². The van der Waals surface area contributed by atoms with Crippen molar-refractivity contribution in [2.75, 3.05) is 6.54 Å². The fraction of sp³-hybridized carbons (Fsp3) is 0.667. The lowest BCUT2D eigenvalue weighted by molar-refractivity contribution is 0.133. The summed E-state index contributed by atoms with van der Waals surface area (Å²) in [6.07, 6.45) is 3.93. The van der Waals surface area contributed by atoms with Gasteiger partial charge in [-0.25, -0.2) is 0 Å². The molecule has 1 aliphatic rings. The number of rotatable bonds is 2. The van der Waals surface area contributed by atoms with Crippen molar-refractivity contribution >= 4 is 0 Å². The normalized spacial score (nSPS) is 28.4. The largest absolute Gasteiger partial charge is 0.330 e. The summed E-state index contributed by atoms with van der Waals surface area (Å²) in [5.74, 6) is 2.14. The van der Waals surface area contributed by atoms with Gasteiger partial charge >= 0.3 is 0 Å². The maximum atomic E-state index is 6.02. The van der Waals surface area contributed by atoms with Crippen molar-refractivity contribution in [2.24, 2.45) is 23.0 Å². The minimum Gasteiger partial charge on any atom is -0.330 e. The average molecular weight is 259 g/mol.